The first kappa shape index (κ1) is 10.2. The Morgan fingerprint density at radius 1 is 1.40 bits per heavy atom. The van der Waals surface area contributed by atoms with E-state index in [2.05, 4.69) is 11.8 Å². The molecule has 1 aromatic carbocycles. The first-order chi connectivity index (χ1) is 7.09. The van der Waals surface area contributed by atoms with Gasteiger partial charge in [0.1, 0.15) is 5.82 Å². The van der Waals surface area contributed by atoms with Gasteiger partial charge in [-0.15, -0.1) is 0 Å². The minimum Gasteiger partial charge on any atom is -0.378 e. The Kier molecular flexibility index (Phi) is 2.50. The molecule has 2 heteroatoms. The van der Waals surface area contributed by atoms with Gasteiger partial charge in [0, 0.05) is 5.56 Å². The Hall–Kier alpha value is -1.33. The number of hydrogen-bond donors (Lipinski definition) is 0. The highest BCUT2D eigenvalue weighted by Gasteiger charge is 2.30. The molecule has 1 heterocycles. The number of rotatable bonds is 0. The number of ether oxygens (including phenoxy) is 1. The summed E-state index contributed by atoms with van der Waals surface area (Å²) in [4.78, 5) is 0. The Bertz CT molecular complexity index is 436. The molecule has 1 nitrogen and oxygen atoms in total. The molecule has 0 unspecified atom stereocenters. The minimum atomic E-state index is -0.197. The van der Waals surface area contributed by atoms with Crippen molar-refractivity contribution in [1.82, 2.24) is 0 Å². The van der Waals surface area contributed by atoms with E-state index in [1.165, 1.54) is 6.07 Å². The summed E-state index contributed by atoms with van der Waals surface area (Å²) in [7, 11) is 0. The molecule has 0 bridgehead atoms. The van der Waals surface area contributed by atoms with Crippen LogP contribution in [0.5, 0.6) is 0 Å². The van der Waals surface area contributed by atoms with Crippen molar-refractivity contribution in [3.8, 4) is 11.8 Å². The van der Waals surface area contributed by atoms with E-state index in [1.807, 2.05) is 13.0 Å². The van der Waals surface area contributed by atoms with Crippen molar-refractivity contribution in [1.29, 1.82) is 0 Å². The largest absolute Gasteiger partial charge is 0.378 e. The molecule has 0 radical (unpaired) electrons. The van der Waals surface area contributed by atoms with Crippen molar-refractivity contribution in [3.63, 3.8) is 0 Å². The maximum absolute atomic E-state index is 13.2. The van der Waals surface area contributed by atoms with Crippen LogP contribution in [-0.2, 0) is 4.74 Å². The van der Waals surface area contributed by atoms with Crippen LogP contribution in [0.2, 0.25) is 0 Å². The Balaban J connectivity index is 2.20. The van der Waals surface area contributed by atoms with Gasteiger partial charge >= 0.3 is 0 Å². The molecular weight excluding hydrogens is 191 g/mol. The first-order valence-electron chi connectivity index (χ1n) is 4.96. The lowest BCUT2D eigenvalue weighted by Crippen LogP contribution is -2.38. The average molecular weight is 204 g/mol. The Morgan fingerprint density at radius 2 is 2.13 bits per heavy atom. The van der Waals surface area contributed by atoms with Crippen LogP contribution in [0.3, 0.4) is 0 Å². The topological polar surface area (TPSA) is 9.23 Å². The van der Waals surface area contributed by atoms with E-state index < -0.39 is 0 Å². The lowest BCUT2D eigenvalue weighted by Gasteiger charge is -2.32. The van der Waals surface area contributed by atoms with Crippen LogP contribution in [0.4, 0.5) is 4.39 Å². The van der Waals surface area contributed by atoms with Crippen LogP contribution >= 0.6 is 0 Å². The molecule has 1 aliphatic heterocycles. The van der Waals surface area contributed by atoms with Crippen molar-refractivity contribution < 1.29 is 9.13 Å². The third kappa shape index (κ3) is 2.19. The van der Waals surface area contributed by atoms with Gasteiger partial charge in [0.25, 0.3) is 0 Å². The van der Waals surface area contributed by atoms with Crippen molar-refractivity contribution in [2.45, 2.75) is 13.8 Å². The van der Waals surface area contributed by atoms with Gasteiger partial charge in [-0.05, 0) is 31.5 Å². The van der Waals surface area contributed by atoms with Gasteiger partial charge in [0.05, 0.1) is 18.6 Å². The van der Waals surface area contributed by atoms with Gasteiger partial charge in [-0.25, -0.2) is 4.39 Å². The van der Waals surface area contributed by atoms with Crippen LogP contribution in [0.25, 0.3) is 0 Å². The van der Waals surface area contributed by atoms with Crippen molar-refractivity contribution in [3.05, 3.63) is 35.1 Å². The summed E-state index contributed by atoms with van der Waals surface area (Å²) < 4.78 is 18.3. The van der Waals surface area contributed by atoms with E-state index in [1.54, 1.807) is 13.0 Å². The molecule has 0 saturated carbocycles. The van der Waals surface area contributed by atoms with E-state index in [-0.39, 0.29) is 11.2 Å². The highest BCUT2D eigenvalue weighted by atomic mass is 19.1. The minimum absolute atomic E-state index is 0.0403. The fraction of sp³-hybridized carbons (Fsp3) is 0.385. The second-order valence-corrected chi connectivity index (χ2v) is 4.27. The maximum Gasteiger partial charge on any atom is 0.127 e. The van der Waals surface area contributed by atoms with Crippen LogP contribution in [-0.4, -0.2) is 13.2 Å². The zero-order valence-electron chi connectivity index (χ0n) is 8.93. The summed E-state index contributed by atoms with van der Waals surface area (Å²) in [6.07, 6.45) is 0. The number of benzene rings is 1. The zero-order valence-corrected chi connectivity index (χ0v) is 8.93. The summed E-state index contributed by atoms with van der Waals surface area (Å²) in [5.41, 5.74) is 1.34. The van der Waals surface area contributed by atoms with Gasteiger partial charge in [-0.1, -0.05) is 17.9 Å². The highest BCUT2D eigenvalue weighted by Crippen LogP contribution is 2.25. The molecular formula is C13H13FO. The molecule has 0 amide bonds. The lowest BCUT2D eigenvalue weighted by atomic mass is 9.89. The van der Waals surface area contributed by atoms with Crippen LogP contribution in [0, 0.1) is 30.0 Å². The molecule has 1 aromatic rings. The molecule has 0 aromatic heterocycles. The standard InChI is InChI=1S/C13H13FO/c1-10-3-4-11(7-12(10)14)5-6-13(2)8-15-9-13/h3-4,7H,8-9H2,1-2H3. The third-order valence-corrected chi connectivity index (χ3v) is 2.52. The van der Waals surface area contributed by atoms with E-state index in [0.717, 1.165) is 5.56 Å². The van der Waals surface area contributed by atoms with Gasteiger partial charge in [0.15, 0.2) is 0 Å². The zero-order chi connectivity index (χ0) is 10.9. The molecule has 0 spiro atoms. The molecule has 1 aliphatic rings. The quantitative estimate of drug-likeness (QED) is 0.590. The summed E-state index contributed by atoms with van der Waals surface area (Å²) in [5.74, 6) is 5.90. The number of halogens is 1. The highest BCUT2D eigenvalue weighted by molar-refractivity contribution is 5.38. The smallest absolute Gasteiger partial charge is 0.127 e. The van der Waals surface area contributed by atoms with Gasteiger partial charge in [0.2, 0.25) is 0 Å². The lowest BCUT2D eigenvalue weighted by molar-refractivity contribution is -0.0648. The maximum atomic E-state index is 13.2. The van der Waals surface area contributed by atoms with Gasteiger partial charge in [-0.2, -0.15) is 0 Å². The summed E-state index contributed by atoms with van der Waals surface area (Å²) >= 11 is 0. The number of aryl methyl sites for hydroxylation is 1. The average Bonchev–Trinajstić information content (AvgIpc) is 2.17. The van der Waals surface area contributed by atoms with Crippen molar-refractivity contribution >= 4 is 0 Å². The predicted octanol–water partition coefficient (Wildman–Crippen LogP) is 2.52. The number of hydrogen-bond acceptors (Lipinski definition) is 1. The Labute approximate surface area is 89.3 Å². The first-order valence-corrected chi connectivity index (χ1v) is 4.96. The van der Waals surface area contributed by atoms with Crippen LogP contribution < -0.4 is 0 Å². The monoisotopic (exact) mass is 204 g/mol. The third-order valence-electron chi connectivity index (χ3n) is 2.52. The molecule has 1 saturated heterocycles. The molecule has 78 valence electrons. The van der Waals surface area contributed by atoms with Gasteiger partial charge in [-0.3, -0.25) is 0 Å². The molecule has 0 atom stereocenters. The fourth-order valence-electron chi connectivity index (χ4n) is 1.37. The summed E-state index contributed by atoms with van der Waals surface area (Å²) in [6, 6.07) is 5.07. The molecule has 0 aliphatic carbocycles. The van der Waals surface area contributed by atoms with Crippen LogP contribution in [0.15, 0.2) is 18.2 Å². The second-order valence-electron chi connectivity index (χ2n) is 4.27. The van der Waals surface area contributed by atoms with Crippen molar-refractivity contribution in [2.75, 3.05) is 13.2 Å². The Morgan fingerprint density at radius 3 is 2.67 bits per heavy atom. The van der Waals surface area contributed by atoms with E-state index in [0.29, 0.717) is 18.8 Å². The molecule has 0 N–H and O–H groups in total. The van der Waals surface area contributed by atoms with Gasteiger partial charge < -0.3 is 4.74 Å². The van der Waals surface area contributed by atoms with E-state index in [9.17, 15) is 4.39 Å². The molecule has 2 rings (SSSR count). The van der Waals surface area contributed by atoms with E-state index >= 15 is 0 Å². The molecule has 1 fully saturated rings. The summed E-state index contributed by atoms with van der Waals surface area (Å²) in [5, 5.41) is 0. The summed E-state index contributed by atoms with van der Waals surface area (Å²) in [6.45, 7) is 5.14. The SMILES string of the molecule is Cc1ccc(C#CC2(C)COC2)cc1F. The van der Waals surface area contributed by atoms with E-state index in [4.69, 9.17) is 4.74 Å². The van der Waals surface area contributed by atoms with Crippen molar-refractivity contribution in [2.24, 2.45) is 5.41 Å². The normalized spacial score (nSPS) is 17.5. The molecule has 15 heavy (non-hydrogen) atoms. The van der Waals surface area contributed by atoms with Crippen LogP contribution in [0.1, 0.15) is 18.1 Å². The fourth-order valence-corrected chi connectivity index (χ4v) is 1.37. The predicted molar refractivity (Wildman–Crippen MR) is 56.9 cm³/mol. The second kappa shape index (κ2) is 3.67.